The molecule has 0 saturated carbocycles. The Bertz CT molecular complexity index is 402. The minimum atomic E-state index is -0.125. The summed E-state index contributed by atoms with van der Waals surface area (Å²) in [7, 11) is 1.45. The summed E-state index contributed by atoms with van der Waals surface area (Å²) in [5.74, 6) is 0.0876. The van der Waals surface area contributed by atoms with Crippen molar-refractivity contribution in [3.8, 4) is 0 Å². The molecule has 1 saturated heterocycles. The van der Waals surface area contributed by atoms with E-state index in [4.69, 9.17) is 9.47 Å². The molecule has 0 N–H and O–H groups in total. The number of carbonyl (C=O) groups excluding carboxylic acids is 1. The summed E-state index contributed by atoms with van der Waals surface area (Å²) >= 11 is 0. The third-order valence-corrected chi connectivity index (χ3v) is 4.04. The maximum atomic E-state index is 11.6. The highest BCUT2D eigenvalue weighted by Gasteiger charge is 2.35. The summed E-state index contributed by atoms with van der Waals surface area (Å²) in [6, 6.07) is 10.4. The lowest BCUT2D eigenvalue weighted by Crippen LogP contribution is -2.29. The molecule has 3 nitrogen and oxygen atoms in total. The molecule has 1 heterocycles. The van der Waals surface area contributed by atoms with E-state index in [9.17, 15) is 4.79 Å². The first-order valence-electron chi connectivity index (χ1n) is 6.95. The minimum Gasteiger partial charge on any atom is -0.469 e. The number of methoxy groups -OCH3 is 1. The normalized spacial score (nSPS) is 24.1. The molecule has 19 heavy (non-hydrogen) atoms. The fourth-order valence-electron chi connectivity index (χ4n) is 2.85. The van der Waals surface area contributed by atoms with Crippen LogP contribution in [0.15, 0.2) is 30.3 Å². The van der Waals surface area contributed by atoms with Gasteiger partial charge in [0.1, 0.15) is 0 Å². The highest BCUT2D eigenvalue weighted by Crippen LogP contribution is 2.31. The average molecular weight is 262 g/mol. The summed E-state index contributed by atoms with van der Waals surface area (Å²) in [6.07, 6.45) is 3.09. The van der Waals surface area contributed by atoms with Gasteiger partial charge in [0.25, 0.3) is 0 Å². The highest BCUT2D eigenvalue weighted by atomic mass is 16.5. The molecule has 0 radical (unpaired) electrons. The van der Waals surface area contributed by atoms with Crippen molar-refractivity contribution in [1.82, 2.24) is 0 Å². The first kappa shape index (κ1) is 14.1. The topological polar surface area (TPSA) is 35.5 Å². The van der Waals surface area contributed by atoms with Crippen LogP contribution in [-0.4, -0.2) is 25.8 Å². The molecular formula is C16H22O3. The number of hydrogen-bond acceptors (Lipinski definition) is 3. The molecule has 1 aromatic carbocycles. The van der Waals surface area contributed by atoms with Crippen LogP contribution in [0, 0.1) is 11.8 Å². The Kier molecular flexibility index (Phi) is 4.97. The number of hydrogen-bond donors (Lipinski definition) is 0. The quantitative estimate of drug-likeness (QED) is 0.765. The van der Waals surface area contributed by atoms with Gasteiger partial charge in [0.2, 0.25) is 0 Å². The first-order chi connectivity index (χ1) is 9.22. The number of carbonyl (C=O) groups is 1. The van der Waals surface area contributed by atoms with E-state index >= 15 is 0 Å². The number of aryl methyl sites for hydroxylation is 1. The van der Waals surface area contributed by atoms with Crippen LogP contribution in [0.4, 0.5) is 0 Å². The van der Waals surface area contributed by atoms with Gasteiger partial charge in [-0.05, 0) is 24.8 Å². The summed E-state index contributed by atoms with van der Waals surface area (Å²) in [5, 5.41) is 0. The Morgan fingerprint density at radius 2 is 2.16 bits per heavy atom. The highest BCUT2D eigenvalue weighted by molar-refractivity contribution is 5.72. The summed E-state index contributed by atoms with van der Waals surface area (Å²) in [6.45, 7) is 2.70. The third-order valence-electron chi connectivity index (χ3n) is 4.04. The molecule has 1 aliphatic heterocycles. The van der Waals surface area contributed by atoms with Crippen molar-refractivity contribution in [2.45, 2.75) is 32.3 Å². The van der Waals surface area contributed by atoms with E-state index in [2.05, 4.69) is 24.3 Å². The molecule has 1 fully saturated rings. The predicted molar refractivity (Wildman–Crippen MR) is 73.8 cm³/mol. The van der Waals surface area contributed by atoms with Crippen molar-refractivity contribution in [2.24, 2.45) is 11.8 Å². The largest absolute Gasteiger partial charge is 0.469 e. The van der Waals surface area contributed by atoms with Crippen LogP contribution < -0.4 is 0 Å². The predicted octanol–water partition coefficient (Wildman–Crippen LogP) is 2.83. The second-order valence-corrected chi connectivity index (χ2v) is 5.20. The Balaban J connectivity index is 1.90. The van der Waals surface area contributed by atoms with Gasteiger partial charge in [0.05, 0.1) is 19.1 Å². The first-order valence-corrected chi connectivity index (χ1v) is 6.95. The molecule has 1 aromatic rings. The van der Waals surface area contributed by atoms with Crippen LogP contribution in [0.3, 0.4) is 0 Å². The van der Waals surface area contributed by atoms with E-state index in [0.717, 1.165) is 25.9 Å². The van der Waals surface area contributed by atoms with E-state index in [-0.39, 0.29) is 23.9 Å². The van der Waals surface area contributed by atoms with E-state index in [0.29, 0.717) is 0 Å². The van der Waals surface area contributed by atoms with E-state index in [1.807, 2.05) is 13.0 Å². The fraction of sp³-hybridized carbons (Fsp3) is 0.562. The lowest BCUT2D eigenvalue weighted by atomic mass is 9.85. The standard InChI is InChI=1S/C16H22O3/c1-12(16(17)18-2)14-10-11-19-15(14)9-8-13-6-4-3-5-7-13/h3-7,12,14-15H,8-11H2,1-2H3/t12-,14-,15-/m1/s1. The Morgan fingerprint density at radius 1 is 1.42 bits per heavy atom. The molecule has 0 aromatic heterocycles. The van der Waals surface area contributed by atoms with Crippen molar-refractivity contribution in [3.05, 3.63) is 35.9 Å². The van der Waals surface area contributed by atoms with Gasteiger partial charge in [0, 0.05) is 12.5 Å². The number of ether oxygens (including phenoxy) is 2. The van der Waals surface area contributed by atoms with Crippen molar-refractivity contribution >= 4 is 5.97 Å². The van der Waals surface area contributed by atoms with Gasteiger partial charge in [-0.3, -0.25) is 4.79 Å². The van der Waals surface area contributed by atoms with Gasteiger partial charge in [-0.2, -0.15) is 0 Å². The van der Waals surface area contributed by atoms with Crippen molar-refractivity contribution in [3.63, 3.8) is 0 Å². The Hall–Kier alpha value is -1.35. The van der Waals surface area contributed by atoms with Gasteiger partial charge in [-0.1, -0.05) is 37.3 Å². The second-order valence-electron chi connectivity index (χ2n) is 5.20. The van der Waals surface area contributed by atoms with Gasteiger partial charge >= 0.3 is 5.97 Å². The fourth-order valence-corrected chi connectivity index (χ4v) is 2.85. The van der Waals surface area contributed by atoms with Gasteiger partial charge in [-0.25, -0.2) is 0 Å². The molecule has 0 spiro atoms. The Labute approximate surface area is 114 Å². The monoisotopic (exact) mass is 262 g/mol. The molecule has 3 heteroatoms. The van der Waals surface area contributed by atoms with Gasteiger partial charge in [0.15, 0.2) is 0 Å². The van der Waals surface area contributed by atoms with E-state index < -0.39 is 0 Å². The van der Waals surface area contributed by atoms with Crippen LogP contribution in [0.2, 0.25) is 0 Å². The zero-order valence-corrected chi connectivity index (χ0v) is 11.7. The summed E-state index contributed by atoms with van der Waals surface area (Å²) < 4.78 is 10.6. The summed E-state index contributed by atoms with van der Waals surface area (Å²) in [4.78, 5) is 11.6. The van der Waals surface area contributed by atoms with E-state index in [1.165, 1.54) is 12.7 Å². The molecule has 104 valence electrons. The maximum absolute atomic E-state index is 11.6. The third kappa shape index (κ3) is 3.57. The second kappa shape index (κ2) is 6.71. The lowest BCUT2D eigenvalue weighted by molar-refractivity contribution is -0.147. The lowest BCUT2D eigenvalue weighted by Gasteiger charge is -2.22. The smallest absolute Gasteiger partial charge is 0.308 e. The van der Waals surface area contributed by atoms with Gasteiger partial charge < -0.3 is 9.47 Å². The molecule has 0 unspecified atom stereocenters. The van der Waals surface area contributed by atoms with Crippen LogP contribution in [0.1, 0.15) is 25.3 Å². The number of esters is 1. The number of benzene rings is 1. The molecule has 0 amide bonds. The van der Waals surface area contributed by atoms with Crippen LogP contribution >= 0.6 is 0 Å². The molecular weight excluding hydrogens is 240 g/mol. The summed E-state index contributed by atoms with van der Waals surface area (Å²) in [5.41, 5.74) is 1.32. The van der Waals surface area contributed by atoms with Crippen LogP contribution in [0.25, 0.3) is 0 Å². The zero-order chi connectivity index (χ0) is 13.7. The average Bonchev–Trinajstić information content (AvgIpc) is 2.93. The minimum absolute atomic E-state index is 0.0757. The van der Waals surface area contributed by atoms with Crippen LogP contribution in [0.5, 0.6) is 0 Å². The van der Waals surface area contributed by atoms with Crippen LogP contribution in [-0.2, 0) is 20.7 Å². The molecule has 0 bridgehead atoms. The van der Waals surface area contributed by atoms with Crippen molar-refractivity contribution in [2.75, 3.05) is 13.7 Å². The van der Waals surface area contributed by atoms with Gasteiger partial charge in [-0.15, -0.1) is 0 Å². The molecule has 3 atom stereocenters. The number of rotatable bonds is 5. The van der Waals surface area contributed by atoms with Crippen molar-refractivity contribution < 1.29 is 14.3 Å². The SMILES string of the molecule is COC(=O)[C@H](C)[C@H]1CCO[C@@H]1CCc1ccccc1. The zero-order valence-electron chi connectivity index (χ0n) is 11.7. The Morgan fingerprint density at radius 3 is 2.84 bits per heavy atom. The molecule has 2 rings (SSSR count). The van der Waals surface area contributed by atoms with Crippen molar-refractivity contribution in [1.29, 1.82) is 0 Å². The molecule has 1 aliphatic rings. The maximum Gasteiger partial charge on any atom is 0.308 e. The van der Waals surface area contributed by atoms with E-state index in [1.54, 1.807) is 0 Å². The molecule has 0 aliphatic carbocycles.